The van der Waals surface area contributed by atoms with Crippen LogP contribution in [0.4, 0.5) is 5.69 Å². The van der Waals surface area contributed by atoms with Crippen LogP contribution in [0.1, 0.15) is 27.0 Å². The molecule has 5 nitrogen and oxygen atoms in total. The third kappa shape index (κ3) is 5.03. The van der Waals surface area contributed by atoms with Gasteiger partial charge in [-0.15, -0.1) is 0 Å². The molecule has 6 heteroatoms. The molecule has 1 amide bonds. The van der Waals surface area contributed by atoms with Gasteiger partial charge in [0.05, 0.1) is 4.90 Å². The van der Waals surface area contributed by atoms with E-state index in [-0.39, 0.29) is 10.8 Å². The number of hydrogen-bond acceptors (Lipinski definition) is 3. The van der Waals surface area contributed by atoms with Gasteiger partial charge < -0.3 is 4.90 Å². The predicted molar refractivity (Wildman–Crippen MR) is 115 cm³/mol. The van der Waals surface area contributed by atoms with Crippen molar-refractivity contribution in [3.8, 4) is 0 Å². The number of hydrogen-bond donors (Lipinski definition) is 1. The Hall–Kier alpha value is -3.12. The molecule has 0 saturated carbocycles. The molecule has 150 valence electrons. The summed E-state index contributed by atoms with van der Waals surface area (Å²) in [5.41, 5.74) is 3.99. The highest BCUT2D eigenvalue weighted by Gasteiger charge is 2.18. The molecule has 0 spiro atoms. The highest BCUT2D eigenvalue weighted by Crippen LogP contribution is 2.19. The quantitative estimate of drug-likeness (QED) is 0.658. The van der Waals surface area contributed by atoms with Crippen molar-refractivity contribution in [2.75, 3.05) is 11.8 Å². The maximum atomic E-state index is 12.8. The Kier molecular flexibility index (Phi) is 6.03. The first-order chi connectivity index (χ1) is 13.8. The highest BCUT2D eigenvalue weighted by atomic mass is 32.2. The summed E-state index contributed by atoms with van der Waals surface area (Å²) in [6.07, 6.45) is 0. The van der Waals surface area contributed by atoms with Gasteiger partial charge in [-0.25, -0.2) is 8.42 Å². The molecule has 0 unspecified atom stereocenters. The SMILES string of the molecule is Cc1ccc(NS(=O)(=O)c2cccc(C(=O)N(C)Cc3ccccc3C)c2)cc1. The fraction of sp³-hybridized carbons (Fsp3) is 0.174. The zero-order valence-electron chi connectivity index (χ0n) is 16.7. The van der Waals surface area contributed by atoms with Crippen molar-refractivity contribution in [3.05, 3.63) is 95.1 Å². The summed E-state index contributed by atoms with van der Waals surface area (Å²) >= 11 is 0. The first kappa shape index (κ1) is 20.6. The molecule has 0 heterocycles. The van der Waals surface area contributed by atoms with E-state index < -0.39 is 10.0 Å². The molecule has 0 aliphatic carbocycles. The third-order valence-electron chi connectivity index (χ3n) is 4.71. The number of anilines is 1. The van der Waals surface area contributed by atoms with E-state index in [1.54, 1.807) is 36.2 Å². The van der Waals surface area contributed by atoms with E-state index in [9.17, 15) is 13.2 Å². The van der Waals surface area contributed by atoms with Crippen molar-refractivity contribution in [2.45, 2.75) is 25.3 Å². The molecule has 29 heavy (non-hydrogen) atoms. The largest absolute Gasteiger partial charge is 0.337 e. The molecule has 0 radical (unpaired) electrons. The Morgan fingerprint density at radius 3 is 2.31 bits per heavy atom. The molecule has 0 aliphatic rings. The van der Waals surface area contributed by atoms with Crippen molar-refractivity contribution in [2.24, 2.45) is 0 Å². The summed E-state index contributed by atoms with van der Waals surface area (Å²) in [6, 6.07) is 21.0. The van der Waals surface area contributed by atoms with Crippen molar-refractivity contribution in [3.63, 3.8) is 0 Å². The topological polar surface area (TPSA) is 66.5 Å². The average Bonchev–Trinajstić information content (AvgIpc) is 2.71. The van der Waals surface area contributed by atoms with Crippen LogP contribution < -0.4 is 4.72 Å². The van der Waals surface area contributed by atoms with E-state index in [0.717, 1.165) is 16.7 Å². The Morgan fingerprint density at radius 1 is 0.931 bits per heavy atom. The van der Waals surface area contributed by atoms with Gasteiger partial charge in [-0.2, -0.15) is 0 Å². The fourth-order valence-electron chi connectivity index (χ4n) is 2.97. The summed E-state index contributed by atoms with van der Waals surface area (Å²) in [7, 11) is -2.09. The lowest BCUT2D eigenvalue weighted by Crippen LogP contribution is -2.26. The van der Waals surface area contributed by atoms with Gasteiger partial charge in [0, 0.05) is 24.8 Å². The van der Waals surface area contributed by atoms with Gasteiger partial charge in [0.1, 0.15) is 0 Å². The van der Waals surface area contributed by atoms with Crippen LogP contribution in [0.25, 0.3) is 0 Å². The normalized spacial score (nSPS) is 11.1. The molecule has 3 rings (SSSR count). The van der Waals surface area contributed by atoms with Gasteiger partial charge in [0.2, 0.25) is 0 Å². The van der Waals surface area contributed by atoms with Crippen LogP contribution in [0.3, 0.4) is 0 Å². The van der Waals surface area contributed by atoms with Gasteiger partial charge in [-0.1, -0.05) is 48.0 Å². The molecule has 3 aromatic rings. The minimum atomic E-state index is -3.79. The fourth-order valence-corrected chi connectivity index (χ4v) is 4.07. The summed E-state index contributed by atoms with van der Waals surface area (Å²) in [4.78, 5) is 14.5. The Balaban J connectivity index is 1.80. The number of carbonyl (C=O) groups is 1. The predicted octanol–water partition coefficient (Wildman–Crippen LogP) is 4.38. The Morgan fingerprint density at radius 2 is 1.62 bits per heavy atom. The van der Waals surface area contributed by atoms with Crippen LogP contribution in [0.5, 0.6) is 0 Å². The van der Waals surface area contributed by atoms with Crippen LogP contribution >= 0.6 is 0 Å². The van der Waals surface area contributed by atoms with E-state index in [0.29, 0.717) is 17.8 Å². The van der Waals surface area contributed by atoms with E-state index in [1.807, 2.05) is 50.2 Å². The number of amides is 1. The summed E-state index contributed by atoms with van der Waals surface area (Å²) in [5.74, 6) is -0.236. The van der Waals surface area contributed by atoms with Gasteiger partial charge in [0.15, 0.2) is 0 Å². The maximum Gasteiger partial charge on any atom is 0.261 e. The second-order valence-electron chi connectivity index (χ2n) is 7.09. The number of carbonyl (C=O) groups excluding carboxylic acids is 1. The molecule has 0 atom stereocenters. The molecular weight excluding hydrogens is 384 g/mol. The van der Waals surface area contributed by atoms with Gasteiger partial charge in [-0.3, -0.25) is 9.52 Å². The number of rotatable bonds is 6. The standard InChI is InChI=1S/C23H24N2O3S/c1-17-11-13-21(14-12-17)24-29(27,28)22-10-6-9-19(15-22)23(26)25(3)16-20-8-5-4-7-18(20)2/h4-15,24H,16H2,1-3H3. The van der Waals surface area contributed by atoms with Gasteiger partial charge in [-0.05, 0) is 55.3 Å². The van der Waals surface area contributed by atoms with Gasteiger partial charge >= 0.3 is 0 Å². The molecule has 0 bridgehead atoms. The Labute approximate surface area is 172 Å². The monoisotopic (exact) mass is 408 g/mol. The second-order valence-corrected chi connectivity index (χ2v) is 8.77. The van der Waals surface area contributed by atoms with E-state index in [1.165, 1.54) is 12.1 Å². The lowest BCUT2D eigenvalue weighted by Gasteiger charge is -2.19. The number of sulfonamides is 1. The zero-order chi connectivity index (χ0) is 21.0. The molecule has 3 aromatic carbocycles. The van der Waals surface area contributed by atoms with Crippen molar-refractivity contribution in [1.29, 1.82) is 0 Å². The maximum absolute atomic E-state index is 12.8. The number of aryl methyl sites for hydroxylation is 2. The number of nitrogens with zero attached hydrogens (tertiary/aromatic N) is 1. The highest BCUT2D eigenvalue weighted by molar-refractivity contribution is 7.92. The summed E-state index contributed by atoms with van der Waals surface area (Å²) < 4.78 is 28.0. The van der Waals surface area contributed by atoms with Crippen LogP contribution in [-0.2, 0) is 16.6 Å². The molecule has 0 saturated heterocycles. The lowest BCUT2D eigenvalue weighted by atomic mass is 10.1. The number of benzene rings is 3. The second kappa shape index (κ2) is 8.49. The van der Waals surface area contributed by atoms with Crippen LogP contribution in [0, 0.1) is 13.8 Å². The minimum Gasteiger partial charge on any atom is -0.337 e. The van der Waals surface area contributed by atoms with Gasteiger partial charge in [0.25, 0.3) is 15.9 Å². The van der Waals surface area contributed by atoms with Crippen LogP contribution in [0.2, 0.25) is 0 Å². The lowest BCUT2D eigenvalue weighted by molar-refractivity contribution is 0.0784. The first-order valence-electron chi connectivity index (χ1n) is 9.26. The van der Waals surface area contributed by atoms with E-state index in [2.05, 4.69) is 4.72 Å². The average molecular weight is 409 g/mol. The zero-order valence-corrected chi connectivity index (χ0v) is 17.5. The Bertz CT molecular complexity index is 1120. The van der Waals surface area contributed by atoms with Crippen LogP contribution in [0.15, 0.2) is 77.7 Å². The smallest absolute Gasteiger partial charge is 0.261 e. The van der Waals surface area contributed by atoms with E-state index in [4.69, 9.17) is 0 Å². The van der Waals surface area contributed by atoms with Crippen LogP contribution in [-0.4, -0.2) is 26.3 Å². The first-order valence-corrected chi connectivity index (χ1v) is 10.7. The summed E-state index contributed by atoms with van der Waals surface area (Å²) in [6.45, 7) is 4.38. The third-order valence-corrected chi connectivity index (χ3v) is 6.09. The molecular formula is C23H24N2O3S. The molecule has 1 N–H and O–H groups in total. The molecule has 0 fully saturated rings. The van der Waals surface area contributed by atoms with Crippen molar-refractivity contribution >= 4 is 21.6 Å². The molecule has 0 aromatic heterocycles. The summed E-state index contributed by atoms with van der Waals surface area (Å²) in [5, 5.41) is 0. The minimum absolute atomic E-state index is 0.0493. The van der Waals surface area contributed by atoms with E-state index >= 15 is 0 Å². The van der Waals surface area contributed by atoms with Crippen molar-refractivity contribution < 1.29 is 13.2 Å². The van der Waals surface area contributed by atoms with Crippen molar-refractivity contribution in [1.82, 2.24) is 4.90 Å². The molecule has 0 aliphatic heterocycles. The number of nitrogens with one attached hydrogen (secondary N) is 1.